The molecule has 0 aliphatic rings. The molecule has 0 saturated heterocycles. The molecule has 0 heterocycles. The summed E-state index contributed by atoms with van der Waals surface area (Å²) in [6.45, 7) is 4.92. The third kappa shape index (κ3) is 4.46. The van der Waals surface area contributed by atoms with Crippen LogP contribution in [0.4, 0.5) is 11.4 Å². The molecule has 3 rings (SSSR count). The number of benzene rings is 3. The van der Waals surface area contributed by atoms with E-state index in [1.807, 2.05) is 24.3 Å². The highest BCUT2D eigenvalue weighted by molar-refractivity contribution is 7.80. The lowest BCUT2D eigenvalue weighted by Gasteiger charge is -2.26. The van der Waals surface area contributed by atoms with Crippen molar-refractivity contribution in [1.29, 1.82) is 0 Å². The zero-order valence-electron chi connectivity index (χ0n) is 14.6. The molecule has 25 heavy (non-hydrogen) atoms. The first-order valence-electron chi connectivity index (χ1n) is 8.38. The summed E-state index contributed by atoms with van der Waals surface area (Å²) < 4.78 is 0. The van der Waals surface area contributed by atoms with Crippen molar-refractivity contribution < 1.29 is 0 Å². The maximum Gasteiger partial charge on any atom is 0.178 e. The Bertz CT molecular complexity index is 844. The third-order valence-corrected chi connectivity index (χ3v) is 4.44. The predicted octanol–water partition coefficient (Wildman–Crippen LogP) is 5.71. The molecule has 0 unspecified atom stereocenters. The molecule has 0 spiro atoms. The molecule has 0 amide bonds. The summed E-state index contributed by atoms with van der Waals surface area (Å²) in [5.41, 5.74) is 5.78. The molecule has 2 nitrogen and oxygen atoms in total. The zero-order valence-corrected chi connectivity index (χ0v) is 15.4. The monoisotopic (exact) mass is 346 g/mol. The Hall–Kier alpha value is -2.65. The lowest BCUT2D eigenvalue weighted by atomic mass is 10.1. The van der Waals surface area contributed by atoms with Gasteiger partial charge in [0.2, 0.25) is 0 Å². The van der Waals surface area contributed by atoms with E-state index < -0.39 is 0 Å². The van der Waals surface area contributed by atoms with Gasteiger partial charge in [0.25, 0.3) is 0 Å². The molecule has 0 fully saturated rings. The van der Waals surface area contributed by atoms with Crippen molar-refractivity contribution in [2.45, 2.75) is 20.4 Å². The van der Waals surface area contributed by atoms with Gasteiger partial charge in [0.15, 0.2) is 5.11 Å². The van der Waals surface area contributed by atoms with Crippen LogP contribution >= 0.6 is 12.2 Å². The highest BCUT2D eigenvalue weighted by Crippen LogP contribution is 2.21. The summed E-state index contributed by atoms with van der Waals surface area (Å²) in [6.07, 6.45) is 0. The first kappa shape index (κ1) is 17.2. The molecular weight excluding hydrogens is 324 g/mol. The fourth-order valence-corrected chi connectivity index (χ4v) is 3.07. The van der Waals surface area contributed by atoms with Crippen LogP contribution in [0.25, 0.3) is 0 Å². The van der Waals surface area contributed by atoms with Crippen molar-refractivity contribution in [2.24, 2.45) is 0 Å². The topological polar surface area (TPSA) is 15.3 Å². The van der Waals surface area contributed by atoms with E-state index in [2.05, 4.69) is 78.7 Å². The quantitative estimate of drug-likeness (QED) is 0.609. The smallest absolute Gasteiger partial charge is 0.178 e. The standard InChI is InChI=1S/C22H22N2S/c1-17-13-14-21(18(2)15-17)23-22(25)24(20-11-7-4-8-12-20)16-19-9-5-3-6-10-19/h3-15H,16H2,1-2H3,(H,23,25). The molecule has 0 aromatic heterocycles. The Labute approximate surface area is 155 Å². The van der Waals surface area contributed by atoms with Crippen LogP contribution in [0.2, 0.25) is 0 Å². The van der Waals surface area contributed by atoms with Crippen LogP contribution in [-0.2, 0) is 6.54 Å². The molecule has 3 heteroatoms. The fourth-order valence-electron chi connectivity index (χ4n) is 2.79. The highest BCUT2D eigenvalue weighted by Gasteiger charge is 2.13. The molecule has 126 valence electrons. The normalized spacial score (nSPS) is 10.3. The minimum Gasteiger partial charge on any atom is -0.332 e. The number of rotatable bonds is 4. The Balaban J connectivity index is 1.87. The lowest BCUT2D eigenvalue weighted by Crippen LogP contribution is -2.34. The Morgan fingerprint density at radius 2 is 1.52 bits per heavy atom. The second-order valence-corrected chi connectivity index (χ2v) is 6.54. The average molecular weight is 346 g/mol. The Morgan fingerprint density at radius 3 is 2.16 bits per heavy atom. The fraction of sp³-hybridized carbons (Fsp3) is 0.136. The van der Waals surface area contributed by atoms with Crippen LogP contribution in [0.1, 0.15) is 16.7 Å². The number of thiocarbonyl (C=S) groups is 1. The van der Waals surface area contributed by atoms with E-state index in [0.29, 0.717) is 5.11 Å². The number of nitrogens with one attached hydrogen (secondary N) is 1. The Morgan fingerprint density at radius 1 is 0.880 bits per heavy atom. The van der Waals surface area contributed by atoms with E-state index in [1.165, 1.54) is 16.7 Å². The van der Waals surface area contributed by atoms with Crippen LogP contribution in [0, 0.1) is 13.8 Å². The van der Waals surface area contributed by atoms with Crippen molar-refractivity contribution in [2.75, 3.05) is 10.2 Å². The Kier molecular flexibility index (Phi) is 5.46. The summed E-state index contributed by atoms with van der Waals surface area (Å²) in [5, 5.41) is 4.11. The van der Waals surface area contributed by atoms with Gasteiger partial charge in [-0.2, -0.15) is 0 Å². The van der Waals surface area contributed by atoms with E-state index in [4.69, 9.17) is 12.2 Å². The van der Waals surface area contributed by atoms with Crippen LogP contribution in [0.3, 0.4) is 0 Å². The highest BCUT2D eigenvalue weighted by atomic mass is 32.1. The van der Waals surface area contributed by atoms with E-state index in [-0.39, 0.29) is 0 Å². The zero-order chi connectivity index (χ0) is 17.6. The minimum absolute atomic E-state index is 0.696. The van der Waals surface area contributed by atoms with Gasteiger partial charge >= 0.3 is 0 Å². The number of nitrogens with zero attached hydrogens (tertiary/aromatic N) is 1. The van der Waals surface area contributed by atoms with Crippen molar-refractivity contribution >= 4 is 28.7 Å². The number of para-hydroxylation sites is 1. The molecular formula is C22H22N2S. The van der Waals surface area contributed by atoms with Gasteiger partial charge in [-0.3, -0.25) is 0 Å². The molecule has 0 aliphatic heterocycles. The summed E-state index contributed by atoms with van der Waals surface area (Å²) in [5.74, 6) is 0. The first-order chi connectivity index (χ1) is 12.1. The van der Waals surface area contributed by atoms with Crippen molar-refractivity contribution in [3.05, 3.63) is 95.6 Å². The minimum atomic E-state index is 0.696. The molecule has 3 aromatic carbocycles. The number of hydrogen-bond acceptors (Lipinski definition) is 1. The molecule has 0 atom stereocenters. The predicted molar refractivity (Wildman–Crippen MR) is 111 cm³/mol. The van der Waals surface area contributed by atoms with Gasteiger partial charge in [0.05, 0.1) is 6.54 Å². The number of anilines is 2. The summed E-state index contributed by atoms with van der Waals surface area (Å²) >= 11 is 5.75. The summed E-state index contributed by atoms with van der Waals surface area (Å²) in [4.78, 5) is 2.13. The largest absolute Gasteiger partial charge is 0.332 e. The van der Waals surface area contributed by atoms with Gasteiger partial charge in [-0.15, -0.1) is 0 Å². The van der Waals surface area contributed by atoms with E-state index in [0.717, 1.165) is 17.9 Å². The van der Waals surface area contributed by atoms with Crippen LogP contribution in [0.5, 0.6) is 0 Å². The second kappa shape index (κ2) is 7.95. The third-order valence-electron chi connectivity index (χ3n) is 4.12. The van der Waals surface area contributed by atoms with Gasteiger partial charge in [0.1, 0.15) is 0 Å². The number of aryl methyl sites for hydroxylation is 2. The van der Waals surface area contributed by atoms with Crippen LogP contribution in [0.15, 0.2) is 78.9 Å². The maximum absolute atomic E-state index is 5.75. The van der Waals surface area contributed by atoms with Crippen molar-refractivity contribution in [1.82, 2.24) is 0 Å². The molecule has 0 radical (unpaired) electrons. The van der Waals surface area contributed by atoms with Gasteiger partial charge in [-0.25, -0.2) is 0 Å². The number of hydrogen-bond donors (Lipinski definition) is 1. The van der Waals surface area contributed by atoms with E-state index >= 15 is 0 Å². The SMILES string of the molecule is Cc1ccc(NC(=S)N(Cc2ccccc2)c2ccccc2)c(C)c1. The van der Waals surface area contributed by atoms with Gasteiger partial charge in [0, 0.05) is 11.4 Å². The second-order valence-electron chi connectivity index (χ2n) is 6.16. The average Bonchev–Trinajstić information content (AvgIpc) is 2.63. The van der Waals surface area contributed by atoms with E-state index in [1.54, 1.807) is 0 Å². The van der Waals surface area contributed by atoms with Crippen molar-refractivity contribution in [3.8, 4) is 0 Å². The summed E-state index contributed by atoms with van der Waals surface area (Å²) in [7, 11) is 0. The lowest BCUT2D eigenvalue weighted by molar-refractivity contribution is 1.01. The van der Waals surface area contributed by atoms with Gasteiger partial charge in [-0.05, 0) is 55.4 Å². The molecule has 0 aliphatic carbocycles. The maximum atomic E-state index is 5.75. The van der Waals surface area contributed by atoms with E-state index in [9.17, 15) is 0 Å². The molecule has 0 bridgehead atoms. The molecule has 1 N–H and O–H groups in total. The summed E-state index contributed by atoms with van der Waals surface area (Å²) in [6, 6.07) is 27.0. The van der Waals surface area contributed by atoms with Crippen LogP contribution < -0.4 is 10.2 Å². The van der Waals surface area contributed by atoms with Gasteiger partial charge < -0.3 is 10.2 Å². The molecule has 0 saturated carbocycles. The molecule has 3 aromatic rings. The first-order valence-corrected chi connectivity index (χ1v) is 8.79. The van der Waals surface area contributed by atoms with Crippen molar-refractivity contribution in [3.63, 3.8) is 0 Å². The van der Waals surface area contributed by atoms with Crippen LogP contribution in [-0.4, -0.2) is 5.11 Å². The van der Waals surface area contributed by atoms with Gasteiger partial charge in [-0.1, -0.05) is 66.2 Å².